The summed E-state index contributed by atoms with van der Waals surface area (Å²) in [6, 6.07) is 0.815. The predicted molar refractivity (Wildman–Crippen MR) is 156 cm³/mol. The van der Waals surface area contributed by atoms with Gasteiger partial charge in [-0.2, -0.15) is 0 Å². The second-order valence-corrected chi connectivity index (χ2v) is 12.9. The molecule has 2 N–H and O–H groups in total. The van der Waals surface area contributed by atoms with E-state index in [4.69, 9.17) is 28.2 Å². The molecule has 38 heavy (non-hydrogen) atoms. The molecule has 0 aliphatic carbocycles. The number of aliphatic carboxylic acids is 2. The van der Waals surface area contributed by atoms with E-state index in [2.05, 4.69) is 13.5 Å². The quantitative estimate of drug-likeness (QED) is 0.0597. The van der Waals surface area contributed by atoms with Gasteiger partial charge in [0, 0.05) is 46.2 Å². The zero-order valence-electron chi connectivity index (χ0n) is 24.9. The van der Waals surface area contributed by atoms with Crippen molar-refractivity contribution in [2.24, 2.45) is 0 Å². The zero-order valence-corrected chi connectivity index (χ0v) is 25.9. The van der Waals surface area contributed by atoms with Crippen molar-refractivity contribution in [3.05, 3.63) is 12.2 Å². The van der Waals surface area contributed by atoms with Crippen LogP contribution in [0.15, 0.2) is 12.2 Å². The monoisotopic (exact) mass is 562 g/mol. The van der Waals surface area contributed by atoms with Crippen LogP contribution in [0.1, 0.15) is 122 Å². The summed E-state index contributed by atoms with van der Waals surface area (Å²) >= 11 is 0. The fourth-order valence-electron chi connectivity index (χ4n) is 4.06. The topological polar surface area (TPSA) is 112 Å². The first-order valence-electron chi connectivity index (χ1n) is 14.6. The van der Waals surface area contributed by atoms with Gasteiger partial charge in [-0.3, -0.25) is 4.79 Å². The Kier molecular flexibility index (Phi) is 29.4. The van der Waals surface area contributed by atoms with E-state index in [1.54, 1.807) is 21.3 Å². The maximum atomic E-state index is 9.87. The van der Waals surface area contributed by atoms with Gasteiger partial charge in [-0.05, 0) is 12.8 Å². The van der Waals surface area contributed by atoms with Crippen molar-refractivity contribution < 1.29 is 37.8 Å². The van der Waals surface area contributed by atoms with Crippen LogP contribution in [0.3, 0.4) is 0 Å². The molecule has 0 aromatic heterocycles. The molecule has 0 heterocycles. The average Bonchev–Trinajstić information content (AvgIpc) is 2.90. The van der Waals surface area contributed by atoms with E-state index >= 15 is 0 Å². The van der Waals surface area contributed by atoms with Crippen LogP contribution in [0, 0.1) is 0 Å². The molecule has 0 amide bonds. The molecule has 0 aliphatic heterocycles. The number of hydrogen-bond acceptors (Lipinski definition) is 6. The van der Waals surface area contributed by atoms with Gasteiger partial charge in [0.25, 0.3) is 0 Å². The SMILES string of the molecule is C=C(CC(=O)O)C(=O)O.CCCCCCCCCCCCCCCCCCOCCC[Si](OC)(OC)OC. The normalized spacial score (nSPS) is 11.2. The predicted octanol–water partition coefficient (Wildman–Crippen LogP) is 7.63. The summed E-state index contributed by atoms with van der Waals surface area (Å²) in [5, 5.41) is 16.1. The Morgan fingerprint density at radius 1 is 0.632 bits per heavy atom. The van der Waals surface area contributed by atoms with Crippen molar-refractivity contribution in [3.63, 3.8) is 0 Å². The maximum Gasteiger partial charge on any atom is 0.500 e. The highest BCUT2D eigenvalue weighted by Gasteiger charge is 2.36. The van der Waals surface area contributed by atoms with Crippen LogP contribution in [0.2, 0.25) is 6.04 Å². The summed E-state index contributed by atoms with van der Waals surface area (Å²) < 4.78 is 22.0. The molecule has 0 unspecified atom stereocenters. The second kappa shape index (κ2) is 28.7. The Morgan fingerprint density at radius 3 is 1.32 bits per heavy atom. The highest BCUT2D eigenvalue weighted by Crippen LogP contribution is 2.16. The molecule has 8 nitrogen and oxygen atoms in total. The molecule has 226 valence electrons. The molecule has 0 saturated carbocycles. The van der Waals surface area contributed by atoms with E-state index in [9.17, 15) is 9.59 Å². The van der Waals surface area contributed by atoms with E-state index in [0.717, 1.165) is 25.7 Å². The minimum atomic E-state index is -2.41. The molecule has 9 heteroatoms. The van der Waals surface area contributed by atoms with Gasteiger partial charge >= 0.3 is 20.7 Å². The summed E-state index contributed by atoms with van der Waals surface area (Å²) in [6.07, 6.45) is 22.9. The zero-order chi connectivity index (χ0) is 28.9. The van der Waals surface area contributed by atoms with Crippen LogP contribution in [-0.2, 0) is 27.6 Å². The lowest BCUT2D eigenvalue weighted by atomic mass is 10.0. The van der Waals surface area contributed by atoms with Crippen molar-refractivity contribution >= 4 is 20.7 Å². The molecular weight excluding hydrogens is 504 g/mol. The summed E-state index contributed by atoms with van der Waals surface area (Å²) in [5.74, 6) is -2.44. The molecule has 0 saturated heterocycles. The first-order valence-corrected chi connectivity index (χ1v) is 16.6. The molecule has 0 aliphatic rings. The van der Waals surface area contributed by atoms with Gasteiger partial charge in [0.1, 0.15) is 0 Å². The lowest BCUT2D eigenvalue weighted by Crippen LogP contribution is -2.42. The fraction of sp³-hybridized carbons (Fsp3) is 0.862. The highest BCUT2D eigenvalue weighted by molar-refractivity contribution is 6.60. The molecule has 0 aromatic rings. The smallest absolute Gasteiger partial charge is 0.481 e. The number of hydrogen-bond donors (Lipinski definition) is 2. The van der Waals surface area contributed by atoms with Crippen molar-refractivity contribution in [3.8, 4) is 0 Å². The van der Waals surface area contributed by atoms with Crippen molar-refractivity contribution in [2.45, 2.75) is 129 Å². The third kappa shape index (κ3) is 26.3. The van der Waals surface area contributed by atoms with Crippen molar-refractivity contribution in [1.29, 1.82) is 0 Å². The number of rotatable bonds is 27. The molecule has 0 aromatic carbocycles. The van der Waals surface area contributed by atoms with E-state index in [1.807, 2.05) is 0 Å². The summed E-state index contributed by atoms with van der Waals surface area (Å²) in [5.41, 5.74) is -0.303. The second-order valence-electron chi connectivity index (χ2n) is 9.79. The van der Waals surface area contributed by atoms with Crippen LogP contribution >= 0.6 is 0 Å². The fourth-order valence-corrected chi connectivity index (χ4v) is 5.75. The van der Waals surface area contributed by atoms with Crippen LogP contribution < -0.4 is 0 Å². The summed E-state index contributed by atoms with van der Waals surface area (Å²) in [6.45, 7) is 6.95. The molecular formula is C29H58O8Si. The van der Waals surface area contributed by atoms with Crippen LogP contribution in [0.4, 0.5) is 0 Å². The van der Waals surface area contributed by atoms with Gasteiger partial charge < -0.3 is 28.2 Å². The van der Waals surface area contributed by atoms with Gasteiger partial charge in [-0.15, -0.1) is 0 Å². The Labute approximate surface area is 233 Å². The number of carbonyl (C=O) groups is 2. The van der Waals surface area contributed by atoms with Gasteiger partial charge in [-0.1, -0.05) is 110 Å². The lowest BCUT2D eigenvalue weighted by molar-refractivity contribution is -0.139. The number of carboxylic acids is 2. The minimum Gasteiger partial charge on any atom is -0.481 e. The standard InChI is InChI=1S/C24H52O4Si.C5H6O4/c1-5-6-7-8-9-10-11-12-13-14-15-16-17-18-19-20-22-28-23-21-24-29(25-2,26-3)27-4;1-3(5(8)9)2-4(6)7/h5-24H2,1-4H3;1-2H2,(H,6,7)(H,8,9). The van der Waals surface area contributed by atoms with Crippen LogP contribution in [-0.4, -0.2) is 65.5 Å². The van der Waals surface area contributed by atoms with Crippen LogP contribution in [0.5, 0.6) is 0 Å². The first-order chi connectivity index (χ1) is 18.3. The Balaban J connectivity index is 0. The van der Waals surface area contributed by atoms with Crippen LogP contribution in [0.25, 0.3) is 0 Å². The number of ether oxygens (including phenoxy) is 1. The van der Waals surface area contributed by atoms with Gasteiger partial charge in [0.15, 0.2) is 0 Å². The molecule has 0 fully saturated rings. The van der Waals surface area contributed by atoms with Gasteiger partial charge in [0.05, 0.1) is 6.42 Å². The maximum absolute atomic E-state index is 9.87. The molecule has 0 rings (SSSR count). The average molecular weight is 563 g/mol. The molecule has 0 spiro atoms. The first kappa shape index (κ1) is 38.9. The minimum absolute atomic E-state index is 0.303. The van der Waals surface area contributed by atoms with Gasteiger partial charge in [0.2, 0.25) is 0 Å². The third-order valence-electron chi connectivity index (χ3n) is 6.51. The Hall–Kier alpha value is -1.26. The van der Waals surface area contributed by atoms with Crippen molar-refractivity contribution in [2.75, 3.05) is 34.5 Å². The largest absolute Gasteiger partial charge is 0.500 e. The Morgan fingerprint density at radius 2 is 1.00 bits per heavy atom. The number of unbranched alkanes of at least 4 members (excludes halogenated alkanes) is 15. The third-order valence-corrected chi connectivity index (χ3v) is 9.35. The Bertz CT molecular complexity index is 559. The van der Waals surface area contributed by atoms with Crippen molar-refractivity contribution in [1.82, 2.24) is 0 Å². The van der Waals surface area contributed by atoms with Gasteiger partial charge in [-0.25, -0.2) is 4.79 Å². The molecule has 0 atom stereocenters. The van der Waals surface area contributed by atoms with E-state index in [0.29, 0.717) is 0 Å². The van der Waals surface area contributed by atoms with E-state index in [-0.39, 0.29) is 5.57 Å². The summed E-state index contributed by atoms with van der Waals surface area (Å²) in [4.78, 5) is 19.7. The molecule has 0 bridgehead atoms. The van der Waals surface area contributed by atoms with E-state index < -0.39 is 27.2 Å². The summed E-state index contributed by atoms with van der Waals surface area (Å²) in [7, 11) is 2.58. The number of carboxylic acid groups (broad SMARTS) is 2. The highest BCUT2D eigenvalue weighted by atomic mass is 28.4. The molecule has 0 radical (unpaired) electrons. The lowest BCUT2D eigenvalue weighted by Gasteiger charge is -2.24. The van der Waals surface area contributed by atoms with E-state index in [1.165, 1.54) is 103 Å².